The number of hydrogen-bond acceptors (Lipinski definition) is 5. The normalized spacial score (nSPS) is 10.7. The summed E-state index contributed by atoms with van der Waals surface area (Å²) < 4.78 is 11.8. The fourth-order valence-corrected chi connectivity index (χ4v) is 1.74. The molecule has 100 valence electrons. The van der Waals surface area contributed by atoms with Crippen LogP contribution < -0.4 is 10.9 Å². The highest BCUT2D eigenvalue weighted by atomic mass is 79.9. The molecular formula is C11H16BrN3O3. The number of methoxy groups -OCH3 is 2. The minimum absolute atomic E-state index is 0.216. The van der Waals surface area contributed by atoms with Gasteiger partial charge in [-0.25, -0.2) is 4.68 Å². The van der Waals surface area contributed by atoms with Crippen LogP contribution in [0, 0.1) is 0 Å². The van der Waals surface area contributed by atoms with Crippen molar-refractivity contribution in [2.45, 2.75) is 12.8 Å². The van der Waals surface area contributed by atoms with Crippen molar-refractivity contribution >= 4 is 21.6 Å². The van der Waals surface area contributed by atoms with Crippen molar-refractivity contribution in [3.05, 3.63) is 33.7 Å². The first-order chi connectivity index (χ1) is 8.63. The van der Waals surface area contributed by atoms with Crippen LogP contribution in [0.25, 0.3) is 0 Å². The zero-order valence-electron chi connectivity index (χ0n) is 10.4. The predicted octanol–water partition coefficient (Wildman–Crippen LogP) is 1.22. The summed E-state index contributed by atoms with van der Waals surface area (Å²) in [6.45, 7) is 4.35. The van der Waals surface area contributed by atoms with Crippen molar-refractivity contribution in [1.82, 2.24) is 9.78 Å². The van der Waals surface area contributed by atoms with E-state index < -0.39 is 0 Å². The minimum atomic E-state index is -0.382. The lowest BCUT2D eigenvalue weighted by molar-refractivity contribution is -0.0914. The predicted molar refractivity (Wildman–Crippen MR) is 72.7 cm³/mol. The number of ether oxygens (including phenoxy) is 2. The molecule has 0 radical (unpaired) electrons. The molecule has 0 aromatic carbocycles. The van der Waals surface area contributed by atoms with E-state index in [1.165, 1.54) is 4.68 Å². The summed E-state index contributed by atoms with van der Waals surface area (Å²) in [5.41, 5.74) is 0.380. The van der Waals surface area contributed by atoms with E-state index in [1.54, 1.807) is 26.5 Å². The molecule has 1 aromatic rings. The second kappa shape index (κ2) is 7.30. The van der Waals surface area contributed by atoms with Gasteiger partial charge in [0.25, 0.3) is 5.56 Å². The van der Waals surface area contributed by atoms with E-state index >= 15 is 0 Å². The van der Waals surface area contributed by atoms with E-state index in [2.05, 4.69) is 32.9 Å². The Morgan fingerprint density at radius 3 is 2.83 bits per heavy atom. The molecule has 0 amide bonds. The van der Waals surface area contributed by atoms with Gasteiger partial charge in [-0.1, -0.05) is 6.08 Å². The zero-order chi connectivity index (χ0) is 13.5. The molecule has 0 saturated heterocycles. The smallest absolute Gasteiger partial charge is 0.283 e. The first kappa shape index (κ1) is 14.9. The second-order valence-electron chi connectivity index (χ2n) is 3.43. The first-order valence-corrected chi connectivity index (χ1v) is 6.09. The lowest BCUT2D eigenvalue weighted by Gasteiger charge is -2.15. The molecule has 0 unspecified atom stereocenters. The van der Waals surface area contributed by atoms with Gasteiger partial charge in [-0.15, -0.1) is 6.58 Å². The molecule has 0 aliphatic rings. The van der Waals surface area contributed by atoms with Crippen molar-refractivity contribution in [3.8, 4) is 0 Å². The molecule has 0 bridgehead atoms. The number of rotatable bonds is 7. The summed E-state index contributed by atoms with van der Waals surface area (Å²) in [6.07, 6.45) is 2.80. The number of anilines is 1. The van der Waals surface area contributed by atoms with E-state index in [0.717, 1.165) is 0 Å². The standard InChI is InChI=1S/C11H16BrN3O3/c1-4-5-15-11(16)10(12)8(6-14-15)13-7-9(17-2)18-3/h4,6,9,13H,1,5,7H2,2-3H3. The maximum atomic E-state index is 11.9. The molecule has 7 heteroatoms. The second-order valence-corrected chi connectivity index (χ2v) is 4.22. The molecule has 1 aromatic heterocycles. The average Bonchev–Trinajstić information content (AvgIpc) is 2.38. The van der Waals surface area contributed by atoms with Gasteiger partial charge in [0.2, 0.25) is 0 Å². The summed E-state index contributed by atoms with van der Waals surface area (Å²) in [5, 5.41) is 7.04. The highest BCUT2D eigenvalue weighted by Gasteiger charge is 2.10. The topological polar surface area (TPSA) is 65.4 Å². The van der Waals surface area contributed by atoms with Crippen LogP contribution in [0.3, 0.4) is 0 Å². The Hall–Kier alpha value is -1.18. The summed E-state index contributed by atoms with van der Waals surface area (Å²) >= 11 is 3.24. The van der Waals surface area contributed by atoms with Crippen molar-refractivity contribution in [1.29, 1.82) is 0 Å². The monoisotopic (exact) mass is 317 g/mol. The maximum absolute atomic E-state index is 11.9. The van der Waals surface area contributed by atoms with Gasteiger partial charge in [-0.3, -0.25) is 4.79 Å². The Labute approximate surface area is 114 Å². The third-order valence-corrected chi connectivity index (χ3v) is 3.04. The summed E-state index contributed by atoms with van der Waals surface area (Å²) in [4.78, 5) is 11.9. The molecule has 6 nitrogen and oxygen atoms in total. The Balaban J connectivity index is 2.82. The van der Waals surface area contributed by atoms with E-state index in [9.17, 15) is 4.79 Å². The van der Waals surface area contributed by atoms with Crippen LogP contribution >= 0.6 is 15.9 Å². The van der Waals surface area contributed by atoms with Crippen molar-refractivity contribution in [2.75, 3.05) is 26.1 Å². The van der Waals surface area contributed by atoms with Crippen LogP contribution in [-0.2, 0) is 16.0 Å². The van der Waals surface area contributed by atoms with E-state index in [0.29, 0.717) is 23.2 Å². The van der Waals surface area contributed by atoms with Crippen molar-refractivity contribution < 1.29 is 9.47 Å². The van der Waals surface area contributed by atoms with E-state index in [4.69, 9.17) is 9.47 Å². The van der Waals surface area contributed by atoms with Gasteiger partial charge in [-0.2, -0.15) is 5.10 Å². The summed E-state index contributed by atoms with van der Waals surface area (Å²) in [7, 11) is 3.09. The number of nitrogens with one attached hydrogen (secondary N) is 1. The molecule has 0 fully saturated rings. The van der Waals surface area contributed by atoms with E-state index in [-0.39, 0.29) is 11.8 Å². The third kappa shape index (κ3) is 3.66. The van der Waals surface area contributed by atoms with Gasteiger partial charge in [0, 0.05) is 14.2 Å². The fourth-order valence-electron chi connectivity index (χ4n) is 1.30. The van der Waals surface area contributed by atoms with Crippen molar-refractivity contribution in [2.24, 2.45) is 0 Å². The van der Waals surface area contributed by atoms with Gasteiger partial charge >= 0.3 is 0 Å². The largest absolute Gasteiger partial charge is 0.378 e. The first-order valence-electron chi connectivity index (χ1n) is 5.30. The minimum Gasteiger partial charge on any atom is -0.378 e. The van der Waals surface area contributed by atoms with Gasteiger partial charge in [0.05, 0.1) is 25.0 Å². The van der Waals surface area contributed by atoms with E-state index in [1.807, 2.05) is 0 Å². The summed E-state index contributed by atoms with van der Waals surface area (Å²) in [6, 6.07) is 0. The number of allylic oxidation sites excluding steroid dienone is 1. The lowest BCUT2D eigenvalue weighted by atomic mass is 10.4. The molecule has 1 N–H and O–H groups in total. The van der Waals surface area contributed by atoms with Crippen molar-refractivity contribution in [3.63, 3.8) is 0 Å². The van der Waals surface area contributed by atoms with Crippen LogP contribution in [0.4, 0.5) is 5.69 Å². The molecule has 0 atom stereocenters. The molecular weight excluding hydrogens is 302 g/mol. The highest BCUT2D eigenvalue weighted by molar-refractivity contribution is 9.10. The molecule has 0 saturated carbocycles. The van der Waals surface area contributed by atoms with Crippen LogP contribution in [-0.4, -0.2) is 36.8 Å². The molecule has 1 rings (SSSR count). The Kier molecular flexibility index (Phi) is 6.03. The molecule has 0 aliphatic heterocycles. The average molecular weight is 318 g/mol. The van der Waals surface area contributed by atoms with Crippen LogP contribution in [0.2, 0.25) is 0 Å². The SMILES string of the molecule is C=CCn1ncc(NCC(OC)OC)c(Br)c1=O. The number of hydrogen-bond donors (Lipinski definition) is 1. The molecule has 1 heterocycles. The Bertz CT molecular complexity index is 457. The number of nitrogens with zero attached hydrogens (tertiary/aromatic N) is 2. The van der Waals surface area contributed by atoms with Crippen LogP contribution in [0.5, 0.6) is 0 Å². The number of aromatic nitrogens is 2. The Morgan fingerprint density at radius 1 is 1.61 bits per heavy atom. The molecule has 18 heavy (non-hydrogen) atoms. The van der Waals surface area contributed by atoms with Gasteiger partial charge in [0.1, 0.15) is 4.47 Å². The van der Waals surface area contributed by atoms with Gasteiger partial charge < -0.3 is 14.8 Å². The third-order valence-electron chi connectivity index (χ3n) is 2.27. The zero-order valence-corrected chi connectivity index (χ0v) is 11.9. The van der Waals surface area contributed by atoms with Gasteiger partial charge in [-0.05, 0) is 15.9 Å². The summed E-state index contributed by atoms with van der Waals surface area (Å²) in [5.74, 6) is 0. The Morgan fingerprint density at radius 2 is 2.28 bits per heavy atom. The highest BCUT2D eigenvalue weighted by Crippen LogP contribution is 2.16. The van der Waals surface area contributed by atoms with Crippen LogP contribution in [0.15, 0.2) is 28.1 Å². The van der Waals surface area contributed by atoms with Gasteiger partial charge in [0.15, 0.2) is 6.29 Å². The quantitative estimate of drug-likeness (QED) is 0.605. The number of halogens is 1. The maximum Gasteiger partial charge on any atom is 0.283 e. The fraction of sp³-hybridized carbons (Fsp3) is 0.455. The molecule has 0 spiro atoms. The molecule has 0 aliphatic carbocycles. The lowest BCUT2D eigenvalue weighted by Crippen LogP contribution is -2.27. The van der Waals surface area contributed by atoms with Crippen LogP contribution in [0.1, 0.15) is 0 Å².